The molecule has 2 aromatic rings. The van der Waals surface area contributed by atoms with Crippen LogP contribution in [0.4, 0.5) is 26.5 Å². The van der Waals surface area contributed by atoms with Crippen molar-refractivity contribution in [2.75, 3.05) is 48.3 Å². The maximum absolute atomic E-state index is 14.0. The number of halogens is 1. The van der Waals surface area contributed by atoms with E-state index in [1.54, 1.807) is 19.1 Å². The molecule has 2 heterocycles. The molecule has 2 amide bonds. The Bertz CT molecular complexity index is 1030. The van der Waals surface area contributed by atoms with Gasteiger partial charge >= 0.3 is 6.03 Å². The molecule has 0 bridgehead atoms. The lowest BCUT2D eigenvalue weighted by Crippen LogP contribution is -2.48. The predicted octanol–water partition coefficient (Wildman–Crippen LogP) is 2.48. The lowest BCUT2D eigenvalue weighted by Gasteiger charge is -2.35. The van der Waals surface area contributed by atoms with Crippen LogP contribution in [0.25, 0.3) is 0 Å². The number of unbranched alkanes of at least 4 members (excludes halogenated alkanes) is 2. The molecular formula is C22H31FN8O2. The van der Waals surface area contributed by atoms with E-state index in [1.807, 2.05) is 4.90 Å². The topological polar surface area (TPSA) is 143 Å². The Morgan fingerprint density at radius 1 is 1.21 bits per heavy atom. The third-order valence-corrected chi connectivity index (χ3v) is 5.59. The second-order valence-electron chi connectivity index (χ2n) is 8.13. The Morgan fingerprint density at radius 2 is 1.97 bits per heavy atom. The molecule has 0 atom stereocenters. The van der Waals surface area contributed by atoms with Crippen LogP contribution in [0, 0.1) is 18.2 Å². The van der Waals surface area contributed by atoms with Gasteiger partial charge in [0.05, 0.1) is 17.7 Å². The highest BCUT2D eigenvalue weighted by atomic mass is 19.1. The molecule has 1 saturated heterocycles. The van der Waals surface area contributed by atoms with Crippen molar-refractivity contribution < 1.29 is 9.18 Å². The summed E-state index contributed by atoms with van der Waals surface area (Å²) in [4.78, 5) is 35.7. The van der Waals surface area contributed by atoms with Gasteiger partial charge in [-0.1, -0.05) is 18.6 Å². The molecule has 0 spiro atoms. The normalized spacial score (nSPS) is 14.2. The van der Waals surface area contributed by atoms with Gasteiger partial charge in [0.15, 0.2) is 0 Å². The molecule has 3 rings (SSSR count). The van der Waals surface area contributed by atoms with Crippen molar-refractivity contribution in [3.63, 3.8) is 0 Å². The van der Waals surface area contributed by atoms with Gasteiger partial charge in [0.25, 0.3) is 5.56 Å². The van der Waals surface area contributed by atoms with E-state index in [-0.39, 0.29) is 23.0 Å². The number of hydrogen-bond donors (Lipinski definition) is 5. The van der Waals surface area contributed by atoms with Crippen molar-refractivity contribution in [2.24, 2.45) is 5.73 Å². The molecule has 1 fully saturated rings. The highest BCUT2D eigenvalue weighted by molar-refractivity contribution is 5.98. The van der Waals surface area contributed by atoms with E-state index in [2.05, 4.69) is 25.5 Å². The highest BCUT2D eigenvalue weighted by Crippen LogP contribution is 2.17. The van der Waals surface area contributed by atoms with Crippen LogP contribution in [0.15, 0.2) is 29.2 Å². The number of anilines is 3. The van der Waals surface area contributed by atoms with Gasteiger partial charge in [-0.2, -0.15) is 0 Å². The first-order chi connectivity index (χ1) is 15.8. The van der Waals surface area contributed by atoms with Crippen LogP contribution >= 0.6 is 0 Å². The second-order valence-corrected chi connectivity index (χ2v) is 8.13. The number of rotatable bonds is 9. The first kappa shape index (κ1) is 24.2. The summed E-state index contributed by atoms with van der Waals surface area (Å²) in [6.07, 6.45) is 5.14. The standard InChI is InChI=1S/C22H31FN8O2/c1-15-6-5-7-16(19(15)23)27-22(33)29-21-26-14-17(20(32)28-21)31-12-10-30(11-13-31)9-4-2-3-8-18(24)25/h5-7,14H,2-4,8-13H2,1H3,(H3,24,25)(H3,26,27,28,29,32,33). The number of amidine groups is 1. The first-order valence-electron chi connectivity index (χ1n) is 11.1. The number of nitrogens with two attached hydrogens (primary N) is 1. The zero-order valence-corrected chi connectivity index (χ0v) is 18.8. The number of amides is 2. The summed E-state index contributed by atoms with van der Waals surface area (Å²) in [6, 6.07) is 3.99. The second kappa shape index (κ2) is 11.4. The summed E-state index contributed by atoms with van der Waals surface area (Å²) in [7, 11) is 0. The fraction of sp³-hybridized carbons (Fsp3) is 0.455. The SMILES string of the molecule is Cc1cccc(NC(=O)Nc2ncc(N3CCN(CCCCCC(=N)N)CC3)c(=O)[nH]2)c1F. The minimum absolute atomic E-state index is 0.0153. The number of urea groups is 1. The number of aromatic amines is 1. The van der Waals surface area contributed by atoms with Crippen LogP contribution in [0.1, 0.15) is 31.2 Å². The van der Waals surface area contributed by atoms with Gasteiger partial charge in [0.1, 0.15) is 11.5 Å². The van der Waals surface area contributed by atoms with Crippen molar-refractivity contribution >= 4 is 29.2 Å². The maximum Gasteiger partial charge on any atom is 0.326 e. The zero-order chi connectivity index (χ0) is 23.8. The van der Waals surface area contributed by atoms with E-state index in [9.17, 15) is 14.0 Å². The smallest absolute Gasteiger partial charge is 0.326 e. The molecule has 0 aliphatic carbocycles. The van der Waals surface area contributed by atoms with Crippen molar-refractivity contribution in [1.29, 1.82) is 5.41 Å². The highest BCUT2D eigenvalue weighted by Gasteiger charge is 2.20. The fourth-order valence-corrected chi connectivity index (χ4v) is 3.72. The average Bonchev–Trinajstić information content (AvgIpc) is 2.77. The number of benzene rings is 1. The van der Waals surface area contributed by atoms with Gasteiger partial charge < -0.3 is 16.0 Å². The Balaban J connectivity index is 1.48. The summed E-state index contributed by atoms with van der Waals surface area (Å²) >= 11 is 0. The molecule has 6 N–H and O–H groups in total. The van der Waals surface area contributed by atoms with Crippen LogP contribution in [0.2, 0.25) is 0 Å². The van der Waals surface area contributed by atoms with Crippen molar-refractivity contribution in [3.8, 4) is 0 Å². The van der Waals surface area contributed by atoms with E-state index < -0.39 is 11.8 Å². The van der Waals surface area contributed by atoms with Crippen LogP contribution in [0.3, 0.4) is 0 Å². The average molecular weight is 459 g/mol. The van der Waals surface area contributed by atoms with Gasteiger partial charge in [-0.25, -0.2) is 14.2 Å². The lowest BCUT2D eigenvalue weighted by atomic mass is 10.1. The third kappa shape index (κ3) is 7.01. The maximum atomic E-state index is 14.0. The molecule has 10 nitrogen and oxygen atoms in total. The minimum Gasteiger partial charge on any atom is -0.388 e. The minimum atomic E-state index is -0.702. The molecule has 0 unspecified atom stereocenters. The van der Waals surface area contributed by atoms with Crippen LogP contribution in [0.5, 0.6) is 0 Å². The Hall–Kier alpha value is -3.47. The predicted molar refractivity (Wildman–Crippen MR) is 128 cm³/mol. The zero-order valence-electron chi connectivity index (χ0n) is 18.8. The summed E-state index contributed by atoms with van der Waals surface area (Å²) < 4.78 is 14.0. The number of nitrogens with zero attached hydrogens (tertiary/aromatic N) is 3. The van der Waals surface area contributed by atoms with Gasteiger partial charge in [0, 0.05) is 32.6 Å². The van der Waals surface area contributed by atoms with Gasteiger partial charge in [-0.05, 0) is 37.9 Å². The number of nitrogens with one attached hydrogen (secondary N) is 4. The van der Waals surface area contributed by atoms with E-state index in [0.29, 0.717) is 30.8 Å². The number of aromatic nitrogens is 2. The molecule has 1 aromatic heterocycles. The summed E-state index contributed by atoms with van der Waals surface area (Å²) in [6.45, 7) is 5.69. The molecule has 178 valence electrons. The molecule has 0 saturated carbocycles. The summed E-state index contributed by atoms with van der Waals surface area (Å²) in [5.74, 6) is -0.289. The van der Waals surface area contributed by atoms with Gasteiger partial charge in [-0.15, -0.1) is 0 Å². The number of piperazine rings is 1. The van der Waals surface area contributed by atoms with E-state index in [1.165, 1.54) is 12.3 Å². The largest absolute Gasteiger partial charge is 0.388 e. The molecule has 1 aliphatic heterocycles. The number of H-pyrrole nitrogens is 1. The number of carbonyl (C=O) groups excluding carboxylic acids is 1. The van der Waals surface area contributed by atoms with Crippen LogP contribution in [-0.2, 0) is 0 Å². The van der Waals surface area contributed by atoms with Crippen molar-refractivity contribution in [1.82, 2.24) is 14.9 Å². The summed E-state index contributed by atoms with van der Waals surface area (Å²) in [5.41, 5.74) is 5.93. The fourth-order valence-electron chi connectivity index (χ4n) is 3.72. The Morgan fingerprint density at radius 3 is 2.67 bits per heavy atom. The van der Waals surface area contributed by atoms with E-state index >= 15 is 0 Å². The molecule has 1 aliphatic rings. The molecule has 33 heavy (non-hydrogen) atoms. The molecule has 11 heteroatoms. The first-order valence-corrected chi connectivity index (χ1v) is 11.1. The molecule has 1 aromatic carbocycles. The van der Waals surface area contributed by atoms with Crippen molar-refractivity contribution in [2.45, 2.75) is 32.6 Å². The summed E-state index contributed by atoms with van der Waals surface area (Å²) in [5, 5.41) is 12.1. The van der Waals surface area contributed by atoms with Gasteiger partial charge in [0.2, 0.25) is 5.95 Å². The molecule has 0 radical (unpaired) electrons. The van der Waals surface area contributed by atoms with Crippen molar-refractivity contribution in [3.05, 3.63) is 46.1 Å². The number of carbonyl (C=O) groups is 1. The monoisotopic (exact) mass is 458 g/mol. The number of aryl methyl sites for hydroxylation is 1. The lowest BCUT2D eigenvalue weighted by molar-refractivity contribution is 0.252. The van der Waals surface area contributed by atoms with Gasteiger partial charge in [-0.3, -0.25) is 25.4 Å². The van der Waals surface area contributed by atoms with E-state index in [4.69, 9.17) is 11.1 Å². The number of hydrogen-bond acceptors (Lipinski definition) is 6. The Labute approximate surface area is 191 Å². The molecular weight excluding hydrogens is 427 g/mol. The Kier molecular flexibility index (Phi) is 8.36. The third-order valence-electron chi connectivity index (χ3n) is 5.59. The van der Waals surface area contributed by atoms with E-state index in [0.717, 1.165) is 38.9 Å². The van der Waals surface area contributed by atoms with Crippen LogP contribution in [-0.4, -0.2) is 59.5 Å². The quantitative estimate of drug-likeness (QED) is 0.222. The van der Waals surface area contributed by atoms with Crippen LogP contribution < -0.4 is 26.8 Å².